The summed E-state index contributed by atoms with van der Waals surface area (Å²) in [7, 11) is 0.472. The van der Waals surface area contributed by atoms with Gasteiger partial charge in [-0.3, -0.25) is 4.84 Å². The molecule has 0 radical (unpaired) electrons. The zero-order valence-electron chi connectivity index (χ0n) is 11.6. The Morgan fingerprint density at radius 2 is 1.75 bits per heavy atom. The highest BCUT2D eigenvalue weighted by molar-refractivity contribution is 6.76. The van der Waals surface area contributed by atoms with Crippen LogP contribution in [-0.2, 0) is 9.57 Å². The van der Waals surface area contributed by atoms with Crippen LogP contribution >= 0.6 is 0 Å². The standard InChI is InChI=1S/C11H25NO3Si/c1-11(2,3)15-10(13)12(4)14-8-9-16(5,6)7/h8-9H2,1-7H3. The van der Waals surface area contributed by atoms with E-state index in [-0.39, 0.29) is 0 Å². The van der Waals surface area contributed by atoms with E-state index in [9.17, 15) is 4.79 Å². The van der Waals surface area contributed by atoms with Gasteiger partial charge in [0.15, 0.2) is 0 Å². The maximum atomic E-state index is 11.5. The number of hydroxylamine groups is 2. The Bertz CT molecular complexity index is 230. The highest BCUT2D eigenvalue weighted by atomic mass is 28.3. The average molecular weight is 247 g/mol. The van der Waals surface area contributed by atoms with Crippen LogP contribution in [-0.4, -0.2) is 38.5 Å². The molecule has 16 heavy (non-hydrogen) atoms. The minimum absolute atomic E-state index is 0.442. The predicted molar refractivity (Wildman–Crippen MR) is 68.1 cm³/mol. The molecule has 0 aliphatic carbocycles. The van der Waals surface area contributed by atoms with Crippen molar-refractivity contribution >= 4 is 14.2 Å². The fourth-order valence-corrected chi connectivity index (χ4v) is 1.57. The van der Waals surface area contributed by atoms with Crippen LogP contribution in [0, 0.1) is 0 Å². The monoisotopic (exact) mass is 247 g/mol. The molecular weight excluding hydrogens is 222 g/mol. The van der Waals surface area contributed by atoms with Gasteiger partial charge >= 0.3 is 6.09 Å². The van der Waals surface area contributed by atoms with Crippen molar-refractivity contribution in [2.24, 2.45) is 0 Å². The molecule has 0 aliphatic rings. The SMILES string of the molecule is CN(OCC[Si](C)(C)C)C(=O)OC(C)(C)C. The van der Waals surface area contributed by atoms with E-state index >= 15 is 0 Å². The van der Waals surface area contributed by atoms with E-state index in [4.69, 9.17) is 9.57 Å². The molecule has 0 bridgehead atoms. The normalized spacial score (nSPS) is 12.4. The number of carbonyl (C=O) groups excluding carboxylic acids is 1. The van der Waals surface area contributed by atoms with Gasteiger partial charge in [-0.1, -0.05) is 19.6 Å². The summed E-state index contributed by atoms with van der Waals surface area (Å²) in [6.07, 6.45) is -0.442. The Morgan fingerprint density at radius 1 is 1.25 bits per heavy atom. The molecule has 0 atom stereocenters. The summed E-state index contributed by atoms with van der Waals surface area (Å²) in [6, 6.07) is 1.03. The third kappa shape index (κ3) is 8.73. The molecule has 0 aromatic carbocycles. The quantitative estimate of drug-likeness (QED) is 0.566. The van der Waals surface area contributed by atoms with E-state index in [2.05, 4.69) is 19.6 Å². The second-order valence-corrected chi connectivity index (χ2v) is 11.7. The Kier molecular flexibility index (Phi) is 5.48. The first-order chi connectivity index (χ1) is 7.01. The molecule has 0 saturated carbocycles. The second-order valence-electron chi connectivity index (χ2n) is 6.12. The van der Waals surface area contributed by atoms with E-state index in [1.165, 1.54) is 5.06 Å². The summed E-state index contributed by atoms with van der Waals surface area (Å²) in [4.78, 5) is 16.8. The molecule has 0 saturated heterocycles. The lowest BCUT2D eigenvalue weighted by Crippen LogP contribution is -2.35. The molecule has 0 aromatic rings. The van der Waals surface area contributed by atoms with Crippen LogP contribution in [0.1, 0.15) is 20.8 Å². The lowest BCUT2D eigenvalue weighted by atomic mass is 10.2. The van der Waals surface area contributed by atoms with Crippen molar-refractivity contribution in [3.63, 3.8) is 0 Å². The predicted octanol–water partition coefficient (Wildman–Crippen LogP) is 3.12. The first-order valence-electron chi connectivity index (χ1n) is 5.61. The Labute approximate surface area is 99.9 Å². The molecule has 0 heterocycles. The Hall–Kier alpha value is -0.553. The van der Waals surface area contributed by atoms with Crippen LogP contribution in [0.4, 0.5) is 4.79 Å². The summed E-state index contributed by atoms with van der Waals surface area (Å²) >= 11 is 0. The van der Waals surface area contributed by atoms with Crippen molar-refractivity contribution < 1.29 is 14.4 Å². The molecule has 5 heteroatoms. The van der Waals surface area contributed by atoms with Crippen molar-refractivity contribution in [1.29, 1.82) is 0 Å². The molecule has 0 rings (SSSR count). The van der Waals surface area contributed by atoms with Crippen LogP contribution in [0.25, 0.3) is 0 Å². The molecule has 0 aliphatic heterocycles. The van der Waals surface area contributed by atoms with Crippen LogP contribution in [0.15, 0.2) is 0 Å². The van der Waals surface area contributed by atoms with Crippen LogP contribution < -0.4 is 0 Å². The molecule has 1 amide bonds. The lowest BCUT2D eigenvalue weighted by molar-refractivity contribution is -0.127. The van der Waals surface area contributed by atoms with Crippen molar-refractivity contribution in [2.45, 2.75) is 52.1 Å². The summed E-state index contributed by atoms with van der Waals surface area (Å²) in [6.45, 7) is 12.9. The van der Waals surface area contributed by atoms with Gasteiger partial charge < -0.3 is 4.74 Å². The summed E-state index contributed by atoms with van der Waals surface area (Å²) in [5.41, 5.74) is -0.479. The summed E-state index contributed by atoms with van der Waals surface area (Å²) in [5.74, 6) is 0. The smallest absolute Gasteiger partial charge is 0.434 e. The van der Waals surface area contributed by atoms with Gasteiger partial charge in [-0.05, 0) is 26.8 Å². The number of amides is 1. The maximum Gasteiger partial charge on any atom is 0.434 e. The number of hydrogen-bond donors (Lipinski definition) is 0. The van der Waals surface area contributed by atoms with Crippen molar-refractivity contribution in [1.82, 2.24) is 5.06 Å². The molecular formula is C11H25NO3Si. The van der Waals surface area contributed by atoms with Crippen molar-refractivity contribution in [3.8, 4) is 0 Å². The van der Waals surface area contributed by atoms with Crippen LogP contribution in [0.2, 0.25) is 25.7 Å². The van der Waals surface area contributed by atoms with Crippen LogP contribution in [0.3, 0.4) is 0 Å². The van der Waals surface area contributed by atoms with Gasteiger partial charge in [0, 0.05) is 15.1 Å². The molecule has 0 N–H and O–H groups in total. The molecule has 0 aromatic heterocycles. The van der Waals surface area contributed by atoms with E-state index < -0.39 is 19.8 Å². The molecule has 4 nitrogen and oxygen atoms in total. The van der Waals surface area contributed by atoms with Gasteiger partial charge in [0.1, 0.15) is 5.60 Å². The van der Waals surface area contributed by atoms with Gasteiger partial charge in [0.2, 0.25) is 0 Å². The Balaban J connectivity index is 3.89. The number of hydrogen-bond acceptors (Lipinski definition) is 3. The highest BCUT2D eigenvalue weighted by Gasteiger charge is 2.21. The topological polar surface area (TPSA) is 38.8 Å². The number of rotatable bonds is 4. The van der Waals surface area contributed by atoms with E-state index in [0.29, 0.717) is 6.61 Å². The van der Waals surface area contributed by atoms with Crippen molar-refractivity contribution in [2.75, 3.05) is 13.7 Å². The third-order valence-corrected chi connectivity index (χ3v) is 3.49. The Morgan fingerprint density at radius 3 is 2.12 bits per heavy atom. The first kappa shape index (κ1) is 15.4. The zero-order chi connectivity index (χ0) is 13.0. The van der Waals surface area contributed by atoms with Gasteiger partial charge in [-0.25, -0.2) is 4.79 Å². The number of carbonyl (C=O) groups is 1. The first-order valence-corrected chi connectivity index (χ1v) is 9.32. The molecule has 0 unspecified atom stereocenters. The van der Waals surface area contributed by atoms with Crippen molar-refractivity contribution in [3.05, 3.63) is 0 Å². The number of ether oxygens (including phenoxy) is 1. The van der Waals surface area contributed by atoms with E-state index in [0.717, 1.165) is 6.04 Å². The van der Waals surface area contributed by atoms with Gasteiger partial charge in [-0.2, -0.15) is 5.06 Å². The third-order valence-electron chi connectivity index (χ3n) is 1.79. The van der Waals surface area contributed by atoms with Gasteiger partial charge in [-0.15, -0.1) is 0 Å². The zero-order valence-corrected chi connectivity index (χ0v) is 12.6. The highest BCUT2D eigenvalue weighted by Crippen LogP contribution is 2.11. The molecule has 0 fully saturated rings. The minimum atomic E-state index is -1.11. The average Bonchev–Trinajstić information content (AvgIpc) is 1.98. The fourth-order valence-electron chi connectivity index (χ4n) is 0.868. The minimum Gasteiger partial charge on any atom is -0.442 e. The number of nitrogens with zero attached hydrogens (tertiary/aromatic N) is 1. The second kappa shape index (κ2) is 5.68. The van der Waals surface area contributed by atoms with Gasteiger partial charge in [0.05, 0.1) is 6.61 Å². The lowest BCUT2D eigenvalue weighted by Gasteiger charge is -2.25. The van der Waals surface area contributed by atoms with Gasteiger partial charge in [0.25, 0.3) is 0 Å². The molecule has 0 spiro atoms. The maximum absolute atomic E-state index is 11.5. The van der Waals surface area contributed by atoms with E-state index in [1.54, 1.807) is 7.05 Å². The van der Waals surface area contributed by atoms with E-state index in [1.807, 2.05) is 20.8 Å². The van der Waals surface area contributed by atoms with Crippen LogP contribution in [0.5, 0.6) is 0 Å². The molecule has 96 valence electrons. The largest absolute Gasteiger partial charge is 0.442 e. The summed E-state index contributed by atoms with van der Waals surface area (Å²) in [5, 5.41) is 1.17. The fraction of sp³-hybridized carbons (Fsp3) is 0.909. The summed E-state index contributed by atoms with van der Waals surface area (Å²) < 4.78 is 5.16.